The summed E-state index contributed by atoms with van der Waals surface area (Å²) in [6.07, 6.45) is 16.1. The van der Waals surface area contributed by atoms with Gasteiger partial charge < -0.3 is 9.84 Å². The number of rotatable bonds is 7. The number of carbonyl (C=O) groups is 1. The predicted octanol–water partition coefficient (Wildman–Crippen LogP) is 7.08. The Morgan fingerprint density at radius 3 is 2.60 bits per heavy atom. The van der Waals surface area contributed by atoms with Gasteiger partial charge in [-0.25, -0.2) is 4.79 Å². The van der Waals surface area contributed by atoms with Gasteiger partial charge in [-0.15, -0.1) is 0 Å². The molecular formula is C27H34O3. The summed E-state index contributed by atoms with van der Waals surface area (Å²) in [6.45, 7) is 11.1. The smallest absolute Gasteiger partial charge is 0.342 e. The molecule has 0 aromatic heterocycles. The number of para-hydroxylation sites is 1. The minimum absolute atomic E-state index is 0.0701. The molecule has 1 aliphatic carbocycles. The Hall–Kier alpha value is -2.81. The average Bonchev–Trinajstić information content (AvgIpc) is 2.67. The summed E-state index contributed by atoms with van der Waals surface area (Å²) in [5, 5.41) is 9.69. The van der Waals surface area contributed by atoms with E-state index in [-0.39, 0.29) is 23.3 Å². The Bertz CT molecular complexity index is 908. The van der Waals surface area contributed by atoms with Crippen molar-refractivity contribution in [1.29, 1.82) is 0 Å². The number of benzene rings is 1. The third-order valence-corrected chi connectivity index (χ3v) is 5.52. The van der Waals surface area contributed by atoms with E-state index < -0.39 is 5.97 Å². The van der Waals surface area contributed by atoms with E-state index in [1.807, 2.05) is 25.2 Å². The maximum Gasteiger partial charge on any atom is 0.342 e. The van der Waals surface area contributed by atoms with Crippen LogP contribution in [0.15, 0.2) is 83.0 Å². The van der Waals surface area contributed by atoms with Crippen LogP contribution in [0.4, 0.5) is 0 Å². The largest absolute Gasteiger partial charge is 0.507 e. The van der Waals surface area contributed by atoms with Gasteiger partial charge in [0.2, 0.25) is 0 Å². The number of carbonyl (C=O) groups excluding carboxylic acids is 1. The van der Waals surface area contributed by atoms with Crippen molar-refractivity contribution in [2.24, 2.45) is 5.41 Å². The fourth-order valence-corrected chi connectivity index (χ4v) is 3.67. The zero-order chi connectivity index (χ0) is 22.1. The first-order valence-corrected chi connectivity index (χ1v) is 10.6. The number of ether oxygens (including phenoxy) is 1. The molecule has 0 saturated carbocycles. The zero-order valence-electron chi connectivity index (χ0n) is 18.9. The SMILES string of the molecule is CC(C=CC1=C(C)CCCC1(C)C)=CC=CC(C)=CCOC(=O)c1ccccc1O. The molecule has 0 atom stereocenters. The lowest BCUT2D eigenvalue weighted by molar-refractivity contribution is 0.0546. The number of esters is 1. The van der Waals surface area contributed by atoms with Crippen LogP contribution in [0.25, 0.3) is 0 Å². The molecular weight excluding hydrogens is 372 g/mol. The molecule has 0 spiro atoms. The van der Waals surface area contributed by atoms with E-state index in [4.69, 9.17) is 4.74 Å². The summed E-state index contributed by atoms with van der Waals surface area (Å²) < 4.78 is 5.20. The Morgan fingerprint density at radius 2 is 1.90 bits per heavy atom. The number of hydrogen-bond donors (Lipinski definition) is 1. The van der Waals surface area contributed by atoms with Crippen molar-refractivity contribution < 1.29 is 14.6 Å². The van der Waals surface area contributed by atoms with Gasteiger partial charge in [0, 0.05) is 0 Å². The van der Waals surface area contributed by atoms with Crippen molar-refractivity contribution in [1.82, 2.24) is 0 Å². The monoisotopic (exact) mass is 406 g/mol. The first kappa shape index (κ1) is 23.5. The van der Waals surface area contributed by atoms with Crippen LogP contribution in [0.1, 0.15) is 64.2 Å². The highest BCUT2D eigenvalue weighted by molar-refractivity contribution is 5.92. The number of aromatic hydroxyl groups is 1. The van der Waals surface area contributed by atoms with Gasteiger partial charge in [0.05, 0.1) is 0 Å². The van der Waals surface area contributed by atoms with Crippen molar-refractivity contribution >= 4 is 5.97 Å². The van der Waals surface area contributed by atoms with Crippen LogP contribution in [0.2, 0.25) is 0 Å². The maximum absolute atomic E-state index is 12.0. The summed E-state index contributed by atoms with van der Waals surface area (Å²) in [5.74, 6) is -0.600. The van der Waals surface area contributed by atoms with Crippen LogP contribution in [0.3, 0.4) is 0 Å². The van der Waals surface area contributed by atoms with E-state index in [2.05, 4.69) is 45.9 Å². The number of phenols is 1. The summed E-state index contributed by atoms with van der Waals surface area (Å²) in [5.41, 5.74) is 5.58. The molecule has 1 N–H and O–H groups in total. The van der Waals surface area contributed by atoms with Gasteiger partial charge in [0.25, 0.3) is 0 Å². The molecule has 3 nitrogen and oxygen atoms in total. The van der Waals surface area contributed by atoms with Gasteiger partial charge in [-0.3, -0.25) is 0 Å². The minimum atomic E-state index is -0.530. The van der Waals surface area contributed by atoms with Gasteiger partial charge in [0.1, 0.15) is 17.9 Å². The van der Waals surface area contributed by atoms with E-state index in [0.29, 0.717) is 0 Å². The Labute approximate surface area is 181 Å². The average molecular weight is 407 g/mol. The quantitative estimate of drug-likeness (QED) is 0.389. The molecule has 160 valence electrons. The third-order valence-electron chi connectivity index (χ3n) is 5.52. The second-order valence-electron chi connectivity index (χ2n) is 8.60. The van der Waals surface area contributed by atoms with E-state index in [1.165, 1.54) is 42.0 Å². The van der Waals surface area contributed by atoms with Crippen LogP contribution >= 0.6 is 0 Å². The van der Waals surface area contributed by atoms with Crippen molar-refractivity contribution in [3.63, 3.8) is 0 Å². The van der Waals surface area contributed by atoms with Crippen molar-refractivity contribution in [3.05, 3.63) is 88.6 Å². The molecule has 0 saturated heterocycles. The van der Waals surface area contributed by atoms with Crippen LogP contribution in [0, 0.1) is 5.41 Å². The Balaban J connectivity index is 1.89. The van der Waals surface area contributed by atoms with Gasteiger partial charge in [-0.1, -0.05) is 73.1 Å². The molecule has 0 radical (unpaired) electrons. The topological polar surface area (TPSA) is 46.5 Å². The summed E-state index contributed by atoms with van der Waals surface area (Å²) in [7, 11) is 0. The normalized spacial score (nSPS) is 17.8. The van der Waals surface area contributed by atoms with Crippen LogP contribution in [0.5, 0.6) is 5.75 Å². The summed E-state index contributed by atoms with van der Waals surface area (Å²) in [4.78, 5) is 12.0. The molecule has 1 aliphatic rings. The lowest BCUT2D eigenvalue weighted by Crippen LogP contribution is -2.19. The lowest BCUT2D eigenvalue weighted by atomic mass is 9.72. The third kappa shape index (κ3) is 6.91. The van der Waals surface area contributed by atoms with Crippen molar-refractivity contribution in [3.8, 4) is 5.75 Å². The van der Waals surface area contributed by atoms with Crippen LogP contribution in [-0.4, -0.2) is 17.7 Å². The molecule has 0 aliphatic heterocycles. The summed E-state index contributed by atoms with van der Waals surface area (Å²) >= 11 is 0. The lowest BCUT2D eigenvalue weighted by Gasteiger charge is -2.32. The first-order valence-electron chi connectivity index (χ1n) is 10.6. The Kier molecular flexibility index (Phi) is 8.46. The van der Waals surface area contributed by atoms with E-state index >= 15 is 0 Å². The number of hydrogen-bond acceptors (Lipinski definition) is 3. The molecule has 2 rings (SSSR count). The highest BCUT2D eigenvalue weighted by atomic mass is 16.5. The molecule has 0 bridgehead atoms. The second-order valence-corrected chi connectivity index (χ2v) is 8.60. The fraction of sp³-hybridized carbons (Fsp3) is 0.370. The van der Waals surface area contributed by atoms with Crippen molar-refractivity contribution in [2.75, 3.05) is 6.61 Å². The number of phenolic OH excluding ortho intramolecular Hbond substituents is 1. The van der Waals surface area contributed by atoms with Crippen molar-refractivity contribution in [2.45, 2.75) is 53.9 Å². The molecule has 1 aromatic carbocycles. The summed E-state index contributed by atoms with van der Waals surface area (Å²) in [6, 6.07) is 6.37. The first-order chi connectivity index (χ1) is 14.2. The number of allylic oxidation sites excluding steroid dienone is 9. The Morgan fingerprint density at radius 1 is 1.17 bits per heavy atom. The van der Waals surface area contributed by atoms with Gasteiger partial charge in [0.15, 0.2) is 0 Å². The minimum Gasteiger partial charge on any atom is -0.507 e. The van der Waals surface area contributed by atoms with Crippen LogP contribution < -0.4 is 0 Å². The highest BCUT2D eigenvalue weighted by Gasteiger charge is 2.26. The molecule has 1 aromatic rings. The molecule has 3 heteroatoms. The highest BCUT2D eigenvalue weighted by Crippen LogP contribution is 2.40. The van der Waals surface area contributed by atoms with E-state index in [1.54, 1.807) is 18.2 Å². The predicted molar refractivity (Wildman–Crippen MR) is 125 cm³/mol. The standard InChI is InChI=1S/C27H34O3/c1-20(15-16-24-22(3)12-9-18-27(24,4)5)10-8-11-21(2)17-19-30-26(29)23-13-6-7-14-25(23)28/h6-8,10-11,13-17,28H,9,12,18-19H2,1-5H3. The van der Waals surface area contributed by atoms with E-state index in [0.717, 1.165) is 5.57 Å². The van der Waals surface area contributed by atoms with E-state index in [9.17, 15) is 9.90 Å². The second kappa shape index (κ2) is 10.8. The zero-order valence-corrected chi connectivity index (χ0v) is 18.9. The van der Waals surface area contributed by atoms with Gasteiger partial charge in [-0.2, -0.15) is 0 Å². The molecule has 30 heavy (non-hydrogen) atoms. The van der Waals surface area contributed by atoms with Gasteiger partial charge in [-0.05, 0) is 69.2 Å². The fourth-order valence-electron chi connectivity index (χ4n) is 3.67. The van der Waals surface area contributed by atoms with Crippen LogP contribution in [-0.2, 0) is 4.74 Å². The van der Waals surface area contributed by atoms with Gasteiger partial charge >= 0.3 is 5.97 Å². The molecule has 0 unspecified atom stereocenters. The molecule has 0 fully saturated rings. The maximum atomic E-state index is 12.0. The molecule has 0 amide bonds. The molecule has 0 heterocycles.